The third kappa shape index (κ3) is 2.68. The minimum absolute atomic E-state index is 0.00419. The standard InChI is InChI=1S/C18H27NO4/c1-3-10-7-13-12(5-6-15(13)20)14(8-10)16(21)19-18(17(22)23)9-11(18)4-2/h10-14H,3-9H2,1-2H3,(H,19,21)(H,22,23)/p-1/t10-,11+,12+,13+,14+,18+/m1/s1. The summed E-state index contributed by atoms with van der Waals surface area (Å²) in [6.45, 7) is 4.02. The summed E-state index contributed by atoms with van der Waals surface area (Å²) < 4.78 is 0. The van der Waals surface area contributed by atoms with Crippen molar-refractivity contribution in [3.63, 3.8) is 0 Å². The molecule has 3 fully saturated rings. The summed E-state index contributed by atoms with van der Waals surface area (Å²) in [7, 11) is 0. The first-order valence-corrected chi connectivity index (χ1v) is 8.99. The molecule has 1 N–H and O–H groups in total. The number of amides is 1. The van der Waals surface area contributed by atoms with Gasteiger partial charge in [0.1, 0.15) is 5.78 Å². The molecule has 5 heteroatoms. The number of hydrogen-bond donors (Lipinski definition) is 1. The third-order valence-corrected chi connectivity index (χ3v) is 6.57. The first-order valence-electron chi connectivity index (χ1n) is 8.99. The molecule has 128 valence electrons. The predicted molar refractivity (Wildman–Crippen MR) is 82.0 cm³/mol. The smallest absolute Gasteiger partial charge is 0.224 e. The van der Waals surface area contributed by atoms with Crippen molar-refractivity contribution in [3.05, 3.63) is 0 Å². The van der Waals surface area contributed by atoms with E-state index in [1.165, 1.54) is 0 Å². The summed E-state index contributed by atoms with van der Waals surface area (Å²) in [5, 5.41) is 14.3. The number of nitrogens with one attached hydrogen (secondary N) is 1. The molecular weight excluding hydrogens is 294 g/mol. The van der Waals surface area contributed by atoms with Gasteiger partial charge in [-0.25, -0.2) is 0 Å². The van der Waals surface area contributed by atoms with Gasteiger partial charge in [0.2, 0.25) is 5.91 Å². The maximum atomic E-state index is 12.8. The van der Waals surface area contributed by atoms with E-state index >= 15 is 0 Å². The van der Waals surface area contributed by atoms with Gasteiger partial charge in [0.15, 0.2) is 0 Å². The van der Waals surface area contributed by atoms with Gasteiger partial charge < -0.3 is 15.2 Å². The Hall–Kier alpha value is -1.39. The van der Waals surface area contributed by atoms with Crippen LogP contribution in [0.4, 0.5) is 0 Å². The summed E-state index contributed by atoms with van der Waals surface area (Å²) in [5.74, 6) is -0.810. The molecule has 0 aliphatic heterocycles. The van der Waals surface area contributed by atoms with Gasteiger partial charge in [0.25, 0.3) is 0 Å². The highest BCUT2D eigenvalue weighted by Gasteiger charge is 2.57. The van der Waals surface area contributed by atoms with E-state index in [9.17, 15) is 19.5 Å². The number of hydrogen-bond acceptors (Lipinski definition) is 4. The van der Waals surface area contributed by atoms with E-state index in [0.29, 0.717) is 24.5 Å². The molecule has 0 bridgehead atoms. The molecule has 23 heavy (non-hydrogen) atoms. The summed E-state index contributed by atoms with van der Waals surface area (Å²) in [6.07, 6.45) is 5.16. The Balaban J connectivity index is 1.75. The highest BCUT2D eigenvalue weighted by molar-refractivity contribution is 5.91. The molecule has 0 spiro atoms. The number of fused-ring (bicyclic) bond motifs is 1. The van der Waals surface area contributed by atoms with Gasteiger partial charge in [0, 0.05) is 18.3 Å². The van der Waals surface area contributed by atoms with E-state index in [1.54, 1.807) is 0 Å². The number of carboxylic acid groups (broad SMARTS) is 1. The molecule has 0 aromatic heterocycles. The van der Waals surface area contributed by atoms with Crippen LogP contribution >= 0.6 is 0 Å². The van der Waals surface area contributed by atoms with Crippen LogP contribution in [0.15, 0.2) is 0 Å². The summed E-state index contributed by atoms with van der Waals surface area (Å²) in [6, 6.07) is 0. The van der Waals surface area contributed by atoms with E-state index in [-0.39, 0.29) is 29.6 Å². The normalized spacial score (nSPS) is 42.2. The lowest BCUT2D eigenvalue weighted by molar-refractivity contribution is -0.310. The maximum absolute atomic E-state index is 12.8. The molecule has 0 heterocycles. The van der Waals surface area contributed by atoms with E-state index < -0.39 is 11.5 Å². The zero-order valence-electron chi connectivity index (χ0n) is 14.0. The van der Waals surface area contributed by atoms with Crippen molar-refractivity contribution in [2.24, 2.45) is 29.6 Å². The van der Waals surface area contributed by atoms with Crippen LogP contribution in [-0.2, 0) is 14.4 Å². The maximum Gasteiger partial charge on any atom is 0.224 e. The number of carboxylic acids is 1. The van der Waals surface area contributed by atoms with Gasteiger partial charge in [-0.1, -0.05) is 26.7 Å². The molecule has 3 aliphatic carbocycles. The topological polar surface area (TPSA) is 86.3 Å². The number of ketones is 1. The lowest BCUT2D eigenvalue weighted by Gasteiger charge is -2.37. The molecule has 0 saturated heterocycles. The summed E-state index contributed by atoms with van der Waals surface area (Å²) in [4.78, 5) is 36.4. The number of Topliss-reactive ketones (excluding diaryl/α,β-unsaturated/α-hetero) is 1. The van der Waals surface area contributed by atoms with Gasteiger partial charge in [-0.05, 0) is 43.4 Å². The average Bonchev–Trinajstić information content (AvgIpc) is 3.14. The number of carbonyl (C=O) groups is 3. The molecule has 0 aromatic rings. The van der Waals surface area contributed by atoms with Crippen LogP contribution in [0, 0.1) is 29.6 Å². The molecule has 1 amide bonds. The van der Waals surface area contributed by atoms with Crippen LogP contribution in [0.25, 0.3) is 0 Å². The van der Waals surface area contributed by atoms with Crippen LogP contribution in [0.5, 0.6) is 0 Å². The Morgan fingerprint density at radius 2 is 2.00 bits per heavy atom. The molecule has 3 aliphatic rings. The zero-order valence-corrected chi connectivity index (χ0v) is 14.0. The van der Waals surface area contributed by atoms with E-state index in [4.69, 9.17) is 0 Å². The number of carbonyl (C=O) groups excluding carboxylic acids is 3. The summed E-state index contributed by atoms with van der Waals surface area (Å²) >= 11 is 0. The summed E-state index contributed by atoms with van der Waals surface area (Å²) in [5.41, 5.74) is -1.16. The largest absolute Gasteiger partial charge is 0.548 e. The first-order chi connectivity index (χ1) is 10.9. The Morgan fingerprint density at radius 3 is 2.57 bits per heavy atom. The molecule has 0 aromatic carbocycles. The van der Waals surface area contributed by atoms with Crippen molar-refractivity contribution >= 4 is 17.7 Å². The van der Waals surface area contributed by atoms with Crippen molar-refractivity contribution in [1.82, 2.24) is 5.32 Å². The van der Waals surface area contributed by atoms with Crippen molar-refractivity contribution in [2.75, 3.05) is 0 Å². The SMILES string of the molecule is CC[C@@H]1C[C@@H]2C(=O)CC[C@@H]2[C@@H](C(=O)N[C@@]2(C(=O)[O-])C[C@@H]2CC)C1. The molecule has 5 nitrogen and oxygen atoms in total. The highest BCUT2D eigenvalue weighted by atomic mass is 16.4. The lowest BCUT2D eigenvalue weighted by atomic mass is 9.68. The van der Waals surface area contributed by atoms with Gasteiger partial charge in [-0.15, -0.1) is 0 Å². The molecule has 6 atom stereocenters. The predicted octanol–water partition coefficient (Wildman–Crippen LogP) is 1.05. The minimum atomic E-state index is -1.17. The van der Waals surface area contributed by atoms with Gasteiger partial charge >= 0.3 is 0 Å². The van der Waals surface area contributed by atoms with Crippen LogP contribution in [-0.4, -0.2) is 23.2 Å². The monoisotopic (exact) mass is 320 g/mol. The van der Waals surface area contributed by atoms with Crippen molar-refractivity contribution in [2.45, 2.75) is 64.3 Å². The minimum Gasteiger partial charge on any atom is -0.548 e. The second-order valence-electron chi connectivity index (χ2n) is 7.68. The van der Waals surface area contributed by atoms with Crippen molar-refractivity contribution in [1.29, 1.82) is 0 Å². The van der Waals surface area contributed by atoms with E-state index in [0.717, 1.165) is 32.1 Å². The molecule has 0 radical (unpaired) electrons. The third-order valence-electron chi connectivity index (χ3n) is 6.57. The average molecular weight is 320 g/mol. The fraction of sp³-hybridized carbons (Fsp3) is 0.833. The fourth-order valence-corrected chi connectivity index (χ4v) is 4.94. The molecule has 0 unspecified atom stereocenters. The van der Waals surface area contributed by atoms with Crippen LogP contribution in [0.3, 0.4) is 0 Å². The first kappa shape index (κ1) is 16.5. The Kier molecular flexibility index (Phi) is 4.23. The number of aliphatic carboxylic acids is 1. The Morgan fingerprint density at radius 1 is 1.26 bits per heavy atom. The second-order valence-corrected chi connectivity index (χ2v) is 7.68. The van der Waals surface area contributed by atoms with Gasteiger partial charge in [-0.3, -0.25) is 9.59 Å². The van der Waals surface area contributed by atoms with Crippen LogP contribution in [0.1, 0.15) is 58.8 Å². The van der Waals surface area contributed by atoms with Gasteiger partial charge in [-0.2, -0.15) is 0 Å². The second kappa shape index (κ2) is 5.91. The van der Waals surface area contributed by atoms with E-state index in [1.807, 2.05) is 6.92 Å². The highest BCUT2D eigenvalue weighted by Crippen LogP contribution is 2.49. The van der Waals surface area contributed by atoms with Crippen LogP contribution in [0.2, 0.25) is 0 Å². The lowest BCUT2D eigenvalue weighted by Crippen LogP contribution is -2.54. The fourth-order valence-electron chi connectivity index (χ4n) is 4.94. The molecular formula is C18H26NO4-. The van der Waals surface area contributed by atoms with E-state index in [2.05, 4.69) is 12.2 Å². The van der Waals surface area contributed by atoms with Crippen LogP contribution < -0.4 is 10.4 Å². The quantitative estimate of drug-likeness (QED) is 0.820. The Bertz CT molecular complexity index is 531. The molecule has 3 rings (SSSR count). The van der Waals surface area contributed by atoms with Gasteiger partial charge in [0.05, 0.1) is 11.5 Å². The number of rotatable bonds is 5. The molecule has 3 saturated carbocycles. The Labute approximate surface area is 137 Å². The zero-order chi connectivity index (χ0) is 16.8. The van der Waals surface area contributed by atoms with Crippen molar-refractivity contribution in [3.8, 4) is 0 Å². The van der Waals surface area contributed by atoms with Crippen molar-refractivity contribution < 1.29 is 19.5 Å².